The predicted octanol–water partition coefficient (Wildman–Crippen LogP) is 12.0. The monoisotopic (exact) mass is 805 g/mol. The Hall–Kier alpha value is -2.81. The zero-order valence-corrected chi connectivity index (χ0v) is 36.7. The second kappa shape index (κ2) is 37.7. The van der Waals surface area contributed by atoms with Crippen LogP contribution in [0.3, 0.4) is 0 Å². The van der Waals surface area contributed by atoms with Gasteiger partial charge in [-0.1, -0.05) is 144 Å². The average molecular weight is 805 g/mol. The first kappa shape index (κ1) is 53.2. The van der Waals surface area contributed by atoms with Gasteiger partial charge in [0.2, 0.25) is 0 Å². The number of hydrogen-bond acceptors (Lipinski definition) is 7. The van der Waals surface area contributed by atoms with Crippen LogP contribution in [0.15, 0.2) is 85.1 Å². The van der Waals surface area contributed by atoms with Crippen molar-refractivity contribution < 1.29 is 42.1 Å². The minimum Gasteiger partial charge on any atom is -0.462 e. The molecule has 10 heteroatoms. The van der Waals surface area contributed by atoms with Crippen LogP contribution in [0.2, 0.25) is 0 Å². The van der Waals surface area contributed by atoms with E-state index in [1.54, 1.807) is 0 Å². The topological polar surface area (TPSA) is 108 Å². The standard InChI is InChI=1S/C46H78NO8P/c1-6-8-10-12-14-16-18-20-21-22-23-24-25-27-28-30-32-34-36-38-45(48)52-42-44(43-54-56(50,51)53-41-40-47(3,4)5)55-46(49)39-37-35-33-31-29-26-19-17-15-13-11-9-7-2/h8-11,13-17,19-21,23-24,44H,6-7,12,18,22,25-43H2,1-5H3/p+1/b10-8+,11-9+,15-13+,16-14+,19-17+,21-20+,24-23+. The van der Waals surface area contributed by atoms with Gasteiger partial charge in [-0.3, -0.25) is 18.6 Å². The number of unbranched alkanes of at least 4 members (excludes halogenated alkanes) is 11. The number of phosphoric acid groups is 1. The van der Waals surface area contributed by atoms with E-state index in [0.717, 1.165) is 103 Å². The molecule has 0 fully saturated rings. The molecule has 0 spiro atoms. The normalized spacial score (nSPS) is 14.5. The molecule has 56 heavy (non-hydrogen) atoms. The van der Waals surface area contributed by atoms with E-state index in [4.69, 9.17) is 18.5 Å². The maximum Gasteiger partial charge on any atom is 0.472 e. The number of nitrogens with zero attached hydrogens (tertiary/aromatic N) is 1. The fraction of sp³-hybridized carbons (Fsp3) is 0.652. The first-order valence-corrected chi connectivity index (χ1v) is 22.8. The van der Waals surface area contributed by atoms with Crippen molar-refractivity contribution >= 4 is 19.8 Å². The molecular weight excluding hydrogens is 725 g/mol. The summed E-state index contributed by atoms with van der Waals surface area (Å²) in [5.41, 5.74) is 0. The molecule has 0 aliphatic heterocycles. The van der Waals surface area contributed by atoms with Gasteiger partial charge in [0.1, 0.15) is 19.8 Å². The number of esters is 2. The quantitative estimate of drug-likeness (QED) is 0.0165. The Labute approximate surface area is 341 Å². The molecule has 320 valence electrons. The molecule has 0 rings (SSSR count). The number of hydrogen-bond donors (Lipinski definition) is 1. The van der Waals surface area contributed by atoms with Crippen molar-refractivity contribution in [3.8, 4) is 0 Å². The van der Waals surface area contributed by atoms with Gasteiger partial charge in [-0.2, -0.15) is 0 Å². The second-order valence-corrected chi connectivity index (χ2v) is 16.5. The smallest absolute Gasteiger partial charge is 0.462 e. The van der Waals surface area contributed by atoms with Crippen LogP contribution in [-0.4, -0.2) is 74.9 Å². The van der Waals surface area contributed by atoms with Gasteiger partial charge in [-0.15, -0.1) is 0 Å². The van der Waals surface area contributed by atoms with Gasteiger partial charge in [0.15, 0.2) is 6.10 Å². The zero-order valence-electron chi connectivity index (χ0n) is 35.8. The highest BCUT2D eigenvalue weighted by Crippen LogP contribution is 2.43. The lowest BCUT2D eigenvalue weighted by Gasteiger charge is -2.24. The van der Waals surface area contributed by atoms with Crippen molar-refractivity contribution in [3.63, 3.8) is 0 Å². The molecule has 0 bridgehead atoms. The highest BCUT2D eigenvalue weighted by molar-refractivity contribution is 7.47. The van der Waals surface area contributed by atoms with Crippen molar-refractivity contribution in [2.75, 3.05) is 47.5 Å². The predicted molar refractivity (Wildman–Crippen MR) is 233 cm³/mol. The van der Waals surface area contributed by atoms with Crippen molar-refractivity contribution in [2.24, 2.45) is 0 Å². The van der Waals surface area contributed by atoms with Gasteiger partial charge in [0.25, 0.3) is 0 Å². The molecule has 2 atom stereocenters. The van der Waals surface area contributed by atoms with E-state index in [0.29, 0.717) is 23.9 Å². The van der Waals surface area contributed by atoms with Gasteiger partial charge in [0.05, 0.1) is 27.7 Å². The number of carbonyl (C=O) groups is 2. The summed E-state index contributed by atoms with van der Waals surface area (Å²) in [6.45, 7) is 4.10. The minimum absolute atomic E-state index is 0.0198. The first-order valence-electron chi connectivity index (χ1n) is 21.3. The Morgan fingerprint density at radius 3 is 1.62 bits per heavy atom. The number of likely N-dealkylation sites (N-methyl/N-ethyl adjacent to an activating group) is 1. The molecule has 0 saturated heterocycles. The van der Waals surface area contributed by atoms with Crippen LogP contribution in [0.4, 0.5) is 0 Å². The van der Waals surface area contributed by atoms with Crippen LogP contribution in [0.25, 0.3) is 0 Å². The molecule has 0 aromatic rings. The third kappa shape index (κ3) is 40.8. The number of quaternary nitrogens is 1. The van der Waals surface area contributed by atoms with E-state index in [1.807, 2.05) is 39.4 Å². The highest BCUT2D eigenvalue weighted by Gasteiger charge is 2.27. The highest BCUT2D eigenvalue weighted by atomic mass is 31.2. The SMILES string of the molecule is CC/C=C/C=C/C=C/CCCCCCCC(=O)OC(COC(=O)CCCCCCCC/C=C/C/C=C/C/C=C/C/C=C/CC)COP(=O)(O)OCC[N+](C)(C)C. The molecule has 0 heterocycles. The number of phosphoric ester groups is 1. The summed E-state index contributed by atoms with van der Waals surface area (Å²) in [6.07, 6.45) is 47.7. The van der Waals surface area contributed by atoms with Crippen LogP contribution in [0.1, 0.15) is 142 Å². The van der Waals surface area contributed by atoms with E-state index < -0.39 is 32.5 Å². The van der Waals surface area contributed by atoms with Gasteiger partial charge >= 0.3 is 19.8 Å². The summed E-state index contributed by atoms with van der Waals surface area (Å²) in [7, 11) is 1.43. The fourth-order valence-electron chi connectivity index (χ4n) is 5.18. The van der Waals surface area contributed by atoms with E-state index in [-0.39, 0.29) is 26.1 Å². The molecule has 0 aliphatic rings. The Morgan fingerprint density at radius 1 is 0.571 bits per heavy atom. The Kier molecular flexibility index (Phi) is 35.9. The van der Waals surface area contributed by atoms with Crippen LogP contribution >= 0.6 is 7.82 Å². The van der Waals surface area contributed by atoms with Crippen LogP contribution in [0.5, 0.6) is 0 Å². The third-order valence-electron chi connectivity index (χ3n) is 8.48. The van der Waals surface area contributed by atoms with Gasteiger partial charge < -0.3 is 18.9 Å². The van der Waals surface area contributed by atoms with Crippen LogP contribution < -0.4 is 0 Å². The van der Waals surface area contributed by atoms with E-state index in [2.05, 4.69) is 80.7 Å². The van der Waals surface area contributed by atoms with E-state index in [1.165, 1.54) is 0 Å². The van der Waals surface area contributed by atoms with Gasteiger partial charge in [-0.25, -0.2) is 4.57 Å². The molecule has 0 aliphatic carbocycles. The molecule has 0 saturated carbocycles. The summed E-state index contributed by atoms with van der Waals surface area (Å²) in [6, 6.07) is 0. The summed E-state index contributed by atoms with van der Waals surface area (Å²) in [5.74, 6) is -0.849. The number of ether oxygens (including phenoxy) is 2. The average Bonchev–Trinajstić information content (AvgIpc) is 3.15. The van der Waals surface area contributed by atoms with Crippen molar-refractivity contribution in [2.45, 2.75) is 148 Å². The first-order chi connectivity index (χ1) is 27.0. The number of allylic oxidation sites excluding steroid dienone is 14. The molecule has 0 radical (unpaired) electrons. The molecule has 0 amide bonds. The third-order valence-corrected chi connectivity index (χ3v) is 9.47. The van der Waals surface area contributed by atoms with Crippen molar-refractivity contribution in [1.29, 1.82) is 0 Å². The Bertz CT molecular complexity index is 1230. The fourth-order valence-corrected chi connectivity index (χ4v) is 5.92. The van der Waals surface area contributed by atoms with Crippen molar-refractivity contribution in [3.05, 3.63) is 85.1 Å². The number of carbonyl (C=O) groups excluding carboxylic acids is 2. The largest absolute Gasteiger partial charge is 0.472 e. The molecule has 0 aromatic carbocycles. The number of rotatable bonds is 37. The molecular formula is C46H79NO8P+. The maximum atomic E-state index is 12.7. The lowest BCUT2D eigenvalue weighted by Crippen LogP contribution is -2.37. The molecule has 9 nitrogen and oxygen atoms in total. The van der Waals surface area contributed by atoms with Crippen molar-refractivity contribution in [1.82, 2.24) is 0 Å². The molecule has 2 unspecified atom stereocenters. The summed E-state index contributed by atoms with van der Waals surface area (Å²) >= 11 is 0. The molecule has 0 aromatic heterocycles. The summed E-state index contributed by atoms with van der Waals surface area (Å²) in [4.78, 5) is 35.3. The van der Waals surface area contributed by atoms with Gasteiger partial charge in [-0.05, 0) is 70.6 Å². The van der Waals surface area contributed by atoms with Crippen LogP contribution in [0, 0.1) is 0 Å². The second-order valence-electron chi connectivity index (χ2n) is 15.0. The zero-order chi connectivity index (χ0) is 41.4. The Balaban J connectivity index is 4.41. The Morgan fingerprint density at radius 2 is 1.05 bits per heavy atom. The molecule has 1 N–H and O–H groups in total. The van der Waals surface area contributed by atoms with Gasteiger partial charge in [0, 0.05) is 12.8 Å². The maximum absolute atomic E-state index is 12.7. The lowest BCUT2D eigenvalue weighted by atomic mass is 10.1. The van der Waals surface area contributed by atoms with E-state index >= 15 is 0 Å². The van der Waals surface area contributed by atoms with E-state index in [9.17, 15) is 19.0 Å². The minimum atomic E-state index is -4.39. The summed E-state index contributed by atoms with van der Waals surface area (Å²) in [5, 5.41) is 0. The summed E-state index contributed by atoms with van der Waals surface area (Å²) < 4.78 is 34.2. The van der Waals surface area contributed by atoms with Crippen LogP contribution in [-0.2, 0) is 32.7 Å². The lowest BCUT2D eigenvalue weighted by molar-refractivity contribution is -0.870.